The maximum absolute atomic E-state index is 13.5. The first-order chi connectivity index (χ1) is 17.7. The molecule has 37 heavy (non-hydrogen) atoms. The Bertz CT molecular complexity index is 1170. The molecule has 0 radical (unpaired) electrons. The highest BCUT2D eigenvalue weighted by molar-refractivity contribution is 6.04. The number of fused-ring (bicyclic) bond motifs is 2. The van der Waals surface area contributed by atoms with Gasteiger partial charge in [0.1, 0.15) is 6.54 Å². The lowest BCUT2D eigenvalue weighted by atomic mass is 9.85. The molecule has 1 aromatic rings. The van der Waals surface area contributed by atoms with Gasteiger partial charge in [0.05, 0.1) is 18.3 Å². The van der Waals surface area contributed by atoms with Gasteiger partial charge >= 0.3 is 6.09 Å². The van der Waals surface area contributed by atoms with Crippen molar-refractivity contribution >= 4 is 23.7 Å². The van der Waals surface area contributed by atoms with Gasteiger partial charge < -0.3 is 20.7 Å². The average molecular weight is 507 g/mol. The number of nitrogens with two attached hydrogens (primary N) is 1. The summed E-state index contributed by atoms with van der Waals surface area (Å²) in [6, 6.07) is 9.22. The molecule has 196 valence electrons. The molecule has 1 heterocycles. The van der Waals surface area contributed by atoms with Crippen LogP contribution in [0.4, 0.5) is 4.79 Å². The number of ketones is 1. The molecular weight excluding hydrogens is 472 g/mol. The van der Waals surface area contributed by atoms with Crippen LogP contribution >= 0.6 is 0 Å². The van der Waals surface area contributed by atoms with E-state index in [4.69, 9.17) is 10.5 Å². The van der Waals surface area contributed by atoms with Crippen molar-refractivity contribution in [2.45, 2.75) is 63.8 Å². The zero-order chi connectivity index (χ0) is 26.3. The molecule has 4 atom stereocenters. The molecule has 1 aromatic carbocycles. The second-order valence-corrected chi connectivity index (χ2v) is 10.7. The quantitative estimate of drug-likeness (QED) is 0.558. The highest BCUT2D eigenvalue weighted by atomic mass is 16.6. The molecule has 1 saturated heterocycles. The predicted octanol–water partition coefficient (Wildman–Crippen LogP) is 2.27. The van der Waals surface area contributed by atoms with Crippen LogP contribution in [0.15, 0.2) is 53.8 Å². The first kappa shape index (κ1) is 25.2. The topological polar surface area (TPSA) is 122 Å². The number of amides is 3. The second kappa shape index (κ2) is 9.78. The Morgan fingerprint density at radius 2 is 1.89 bits per heavy atom. The zero-order valence-electron chi connectivity index (χ0n) is 21.3. The third-order valence-corrected chi connectivity index (χ3v) is 8.05. The highest BCUT2D eigenvalue weighted by Crippen LogP contribution is 2.48. The third kappa shape index (κ3) is 4.92. The van der Waals surface area contributed by atoms with Crippen LogP contribution in [0.5, 0.6) is 0 Å². The van der Waals surface area contributed by atoms with Gasteiger partial charge in [-0.05, 0) is 62.7 Å². The molecule has 9 heteroatoms. The van der Waals surface area contributed by atoms with Gasteiger partial charge in [0, 0.05) is 18.5 Å². The summed E-state index contributed by atoms with van der Waals surface area (Å²) in [5, 5.41) is 2.60. The van der Waals surface area contributed by atoms with Crippen LogP contribution in [-0.4, -0.2) is 64.3 Å². The molecule has 1 spiro atoms. The molecule has 0 aromatic heterocycles. The lowest BCUT2D eigenvalue weighted by Gasteiger charge is -2.31. The summed E-state index contributed by atoms with van der Waals surface area (Å²) in [7, 11) is 0. The van der Waals surface area contributed by atoms with E-state index in [2.05, 4.69) is 12.2 Å². The Kier molecular flexibility index (Phi) is 6.66. The molecule has 4 unspecified atom stereocenters. The van der Waals surface area contributed by atoms with E-state index in [0.29, 0.717) is 25.3 Å². The van der Waals surface area contributed by atoms with Gasteiger partial charge in [0.2, 0.25) is 11.8 Å². The van der Waals surface area contributed by atoms with Crippen LogP contribution in [-0.2, 0) is 25.7 Å². The number of carbonyl (C=O) groups is 4. The number of Topliss-reactive ketones (excluding diaryl/α,β-unsaturated/α-hetero) is 1. The normalized spacial score (nSPS) is 26.2. The van der Waals surface area contributed by atoms with E-state index < -0.39 is 29.6 Å². The number of ether oxygens (including phenoxy) is 1. The summed E-state index contributed by atoms with van der Waals surface area (Å²) in [4.78, 5) is 54.9. The summed E-state index contributed by atoms with van der Waals surface area (Å²) in [5.74, 6) is -0.729. The summed E-state index contributed by atoms with van der Waals surface area (Å²) < 4.78 is 5.87. The number of benzene rings is 1. The van der Waals surface area contributed by atoms with Crippen LogP contribution < -0.4 is 11.1 Å². The van der Waals surface area contributed by atoms with E-state index in [1.54, 1.807) is 19.1 Å². The summed E-state index contributed by atoms with van der Waals surface area (Å²) >= 11 is 0. The second-order valence-electron chi connectivity index (χ2n) is 10.7. The fourth-order valence-corrected chi connectivity index (χ4v) is 5.69. The standard InChI is InChI=1S/C28H34N4O5/c1-17(29)26(35)30-23-11-10-22-21(25(23)34)12-13-28(22)16-31(27(36)37-28)15-24(33)32(18(2)20-8-9-20)14-19-6-4-3-5-7-19/h3-7,10-11,17-18,20-21H,8-9,12-16,29H2,1-2H3,(H,30,35). The predicted molar refractivity (Wildman–Crippen MR) is 136 cm³/mol. The largest absolute Gasteiger partial charge is 0.436 e. The molecule has 3 amide bonds. The fraction of sp³-hybridized carbons (Fsp3) is 0.500. The summed E-state index contributed by atoms with van der Waals surface area (Å²) in [5.41, 5.74) is 6.66. The van der Waals surface area contributed by atoms with Crippen molar-refractivity contribution in [2.75, 3.05) is 13.1 Å². The first-order valence-electron chi connectivity index (χ1n) is 13.0. The van der Waals surface area contributed by atoms with Crippen LogP contribution in [0, 0.1) is 11.8 Å². The van der Waals surface area contributed by atoms with E-state index in [1.807, 2.05) is 35.2 Å². The minimum absolute atomic E-state index is 0.0676. The monoisotopic (exact) mass is 506 g/mol. The minimum Gasteiger partial charge on any atom is -0.436 e. The van der Waals surface area contributed by atoms with Crippen molar-refractivity contribution in [3.05, 3.63) is 59.3 Å². The Balaban J connectivity index is 1.30. The van der Waals surface area contributed by atoms with Crippen LogP contribution in [0.2, 0.25) is 0 Å². The average Bonchev–Trinajstić information content (AvgIpc) is 3.60. The van der Waals surface area contributed by atoms with Crippen LogP contribution in [0.1, 0.15) is 45.1 Å². The Labute approximate surface area is 216 Å². The van der Waals surface area contributed by atoms with E-state index in [0.717, 1.165) is 24.0 Å². The fourth-order valence-electron chi connectivity index (χ4n) is 5.69. The molecule has 2 saturated carbocycles. The van der Waals surface area contributed by atoms with Gasteiger partial charge in [0.15, 0.2) is 11.4 Å². The van der Waals surface area contributed by atoms with Crippen molar-refractivity contribution < 1.29 is 23.9 Å². The van der Waals surface area contributed by atoms with Crippen molar-refractivity contribution in [1.29, 1.82) is 0 Å². The Morgan fingerprint density at radius 3 is 2.57 bits per heavy atom. The summed E-state index contributed by atoms with van der Waals surface area (Å²) in [6.45, 7) is 4.28. The van der Waals surface area contributed by atoms with Crippen LogP contribution in [0.25, 0.3) is 0 Å². The molecule has 3 N–H and O–H groups in total. The van der Waals surface area contributed by atoms with Gasteiger partial charge in [-0.1, -0.05) is 36.4 Å². The maximum atomic E-state index is 13.5. The van der Waals surface area contributed by atoms with Crippen LogP contribution in [0.3, 0.4) is 0 Å². The van der Waals surface area contributed by atoms with Gasteiger partial charge in [0.25, 0.3) is 0 Å². The lowest BCUT2D eigenvalue weighted by molar-refractivity contribution is -0.135. The zero-order valence-corrected chi connectivity index (χ0v) is 21.3. The van der Waals surface area contributed by atoms with Gasteiger partial charge in [-0.3, -0.25) is 19.3 Å². The molecule has 1 aliphatic heterocycles. The molecule has 9 nitrogen and oxygen atoms in total. The van der Waals surface area contributed by atoms with Crippen molar-refractivity contribution in [3.63, 3.8) is 0 Å². The molecular formula is C28H34N4O5. The molecule has 4 aliphatic rings. The number of hydrogen-bond acceptors (Lipinski definition) is 6. The molecule has 3 fully saturated rings. The van der Waals surface area contributed by atoms with Gasteiger partial charge in [-0.15, -0.1) is 0 Å². The lowest BCUT2D eigenvalue weighted by Crippen LogP contribution is -2.46. The first-order valence-corrected chi connectivity index (χ1v) is 13.0. The maximum Gasteiger partial charge on any atom is 0.411 e. The number of rotatable bonds is 8. The van der Waals surface area contributed by atoms with E-state index in [1.165, 1.54) is 4.90 Å². The Hall–Kier alpha value is -3.46. The number of carbonyl (C=O) groups excluding carboxylic acids is 4. The number of nitrogens with zero attached hydrogens (tertiary/aromatic N) is 2. The number of hydrogen-bond donors (Lipinski definition) is 2. The number of nitrogens with one attached hydrogen (secondary N) is 1. The van der Waals surface area contributed by atoms with Gasteiger partial charge in [-0.2, -0.15) is 0 Å². The van der Waals surface area contributed by atoms with Crippen molar-refractivity contribution in [3.8, 4) is 0 Å². The smallest absolute Gasteiger partial charge is 0.411 e. The number of allylic oxidation sites excluding steroid dienone is 3. The Morgan fingerprint density at radius 1 is 1.16 bits per heavy atom. The third-order valence-electron chi connectivity index (χ3n) is 8.05. The van der Waals surface area contributed by atoms with E-state index in [-0.39, 0.29) is 36.5 Å². The molecule has 3 aliphatic carbocycles. The van der Waals surface area contributed by atoms with Crippen molar-refractivity contribution in [1.82, 2.24) is 15.1 Å². The van der Waals surface area contributed by atoms with E-state index in [9.17, 15) is 19.2 Å². The van der Waals surface area contributed by atoms with Gasteiger partial charge in [-0.25, -0.2) is 4.79 Å². The highest BCUT2D eigenvalue weighted by Gasteiger charge is 2.56. The molecule has 0 bridgehead atoms. The van der Waals surface area contributed by atoms with Crippen molar-refractivity contribution in [2.24, 2.45) is 17.6 Å². The molecule has 5 rings (SSSR count). The summed E-state index contributed by atoms with van der Waals surface area (Å²) in [6.07, 6.45) is 6.00. The SMILES string of the molecule is CC(N)C(=O)NC1=CC=C2C(CCC23CN(CC(=O)N(Cc2ccccc2)C(C)C2CC2)C(=O)O3)C1=O. The van der Waals surface area contributed by atoms with E-state index >= 15 is 0 Å². The minimum atomic E-state index is -0.933.